The number of amides is 1. The van der Waals surface area contributed by atoms with Gasteiger partial charge in [0.05, 0.1) is 0 Å². The molecule has 0 bridgehead atoms. The Kier molecular flexibility index (Phi) is 4.31. The Hall–Kier alpha value is -1.69. The van der Waals surface area contributed by atoms with E-state index in [2.05, 4.69) is 10.1 Å². The summed E-state index contributed by atoms with van der Waals surface area (Å²) in [5.41, 5.74) is 6.15. The van der Waals surface area contributed by atoms with Crippen LogP contribution in [0.1, 0.15) is 29.6 Å². The second kappa shape index (κ2) is 5.97. The third kappa shape index (κ3) is 3.64. The molecule has 6 heteroatoms. The van der Waals surface area contributed by atoms with Crippen LogP contribution in [0.5, 0.6) is 5.75 Å². The highest BCUT2D eigenvalue weighted by Gasteiger charge is 2.25. The van der Waals surface area contributed by atoms with Gasteiger partial charge in [0.15, 0.2) is 0 Å². The van der Waals surface area contributed by atoms with Crippen molar-refractivity contribution in [3.63, 3.8) is 0 Å². The van der Waals surface area contributed by atoms with Crippen molar-refractivity contribution in [1.82, 2.24) is 5.32 Å². The van der Waals surface area contributed by atoms with Gasteiger partial charge < -0.3 is 15.8 Å². The topological polar surface area (TPSA) is 64.3 Å². The first-order valence-corrected chi connectivity index (χ1v) is 6.17. The molecule has 2 unspecified atom stereocenters. The van der Waals surface area contributed by atoms with Crippen LogP contribution in [-0.2, 0) is 0 Å². The highest BCUT2D eigenvalue weighted by Crippen LogP contribution is 2.19. The van der Waals surface area contributed by atoms with E-state index in [1.165, 1.54) is 18.2 Å². The number of carbonyl (C=O) groups is 1. The van der Waals surface area contributed by atoms with Gasteiger partial charge in [-0.05, 0) is 37.5 Å². The molecule has 1 aliphatic carbocycles. The summed E-state index contributed by atoms with van der Waals surface area (Å²) >= 11 is 0. The molecule has 0 aliphatic heterocycles. The second-order valence-electron chi connectivity index (χ2n) is 4.58. The van der Waals surface area contributed by atoms with Gasteiger partial charge in [0.1, 0.15) is 5.75 Å². The number of hydrogen-bond acceptors (Lipinski definition) is 3. The van der Waals surface area contributed by atoms with Crippen molar-refractivity contribution in [3.05, 3.63) is 29.8 Å². The average molecular weight is 270 g/mol. The normalized spacial score (nSPS) is 22.5. The van der Waals surface area contributed by atoms with Gasteiger partial charge in [-0.3, -0.25) is 4.79 Å². The van der Waals surface area contributed by atoms with Crippen LogP contribution < -0.4 is 15.8 Å². The average Bonchev–Trinajstić information content (AvgIpc) is 2.74. The van der Waals surface area contributed by atoms with Crippen molar-refractivity contribution in [3.8, 4) is 5.75 Å². The standard InChI is InChI=1S/C13H16F2N2O2/c14-13(15)19-9-4-1-3-8(7-9)12(18)17-11-6-2-5-10(11)16/h1,3-4,7,10-11,13H,2,5-6,16H2,(H,17,18). The lowest BCUT2D eigenvalue weighted by molar-refractivity contribution is -0.0498. The summed E-state index contributed by atoms with van der Waals surface area (Å²) in [6.07, 6.45) is 2.72. The second-order valence-corrected chi connectivity index (χ2v) is 4.58. The van der Waals surface area contributed by atoms with Crippen LogP contribution in [0.4, 0.5) is 8.78 Å². The predicted octanol–water partition coefficient (Wildman–Crippen LogP) is 1.90. The monoisotopic (exact) mass is 270 g/mol. The van der Waals surface area contributed by atoms with E-state index in [4.69, 9.17) is 5.73 Å². The van der Waals surface area contributed by atoms with Gasteiger partial charge in [-0.15, -0.1) is 0 Å². The van der Waals surface area contributed by atoms with E-state index in [0.29, 0.717) is 0 Å². The van der Waals surface area contributed by atoms with Crippen LogP contribution in [0, 0.1) is 0 Å². The summed E-state index contributed by atoms with van der Waals surface area (Å²) < 4.78 is 28.4. The summed E-state index contributed by atoms with van der Waals surface area (Å²) in [5, 5.41) is 2.82. The number of alkyl halides is 2. The van der Waals surface area contributed by atoms with Gasteiger partial charge in [0, 0.05) is 17.6 Å². The molecule has 2 atom stereocenters. The molecule has 0 saturated heterocycles. The molecule has 104 valence electrons. The summed E-state index contributed by atoms with van der Waals surface area (Å²) in [7, 11) is 0. The molecule has 19 heavy (non-hydrogen) atoms. The minimum atomic E-state index is -2.90. The minimum absolute atomic E-state index is 0.0293. The van der Waals surface area contributed by atoms with E-state index in [-0.39, 0.29) is 29.3 Å². The van der Waals surface area contributed by atoms with E-state index in [1.54, 1.807) is 6.07 Å². The first-order chi connectivity index (χ1) is 9.06. The van der Waals surface area contributed by atoms with Crippen LogP contribution in [0.15, 0.2) is 24.3 Å². The summed E-state index contributed by atoms with van der Waals surface area (Å²) in [5.74, 6) is -0.347. The first-order valence-electron chi connectivity index (χ1n) is 6.17. The number of carbonyl (C=O) groups excluding carboxylic acids is 1. The van der Waals surface area contributed by atoms with Gasteiger partial charge >= 0.3 is 6.61 Å². The molecule has 0 heterocycles. The van der Waals surface area contributed by atoms with E-state index >= 15 is 0 Å². The number of nitrogens with one attached hydrogen (secondary N) is 1. The maximum atomic E-state index is 12.1. The largest absolute Gasteiger partial charge is 0.435 e. The molecule has 0 spiro atoms. The number of ether oxygens (including phenoxy) is 1. The summed E-state index contributed by atoms with van der Waals surface area (Å²) in [4.78, 5) is 12.0. The van der Waals surface area contributed by atoms with Crippen LogP contribution in [-0.4, -0.2) is 24.6 Å². The van der Waals surface area contributed by atoms with Crippen molar-refractivity contribution in [2.45, 2.75) is 38.0 Å². The Balaban J connectivity index is 2.02. The summed E-state index contributed by atoms with van der Waals surface area (Å²) in [6.45, 7) is -2.90. The minimum Gasteiger partial charge on any atom is -0.435 e. The fourth-order valence-corrected chi connectivity index (χ4v) is 2.23. The number of halogens is 2. The summed E-state index contributed by atoms with van der Waals surface area (Å²) in [6, 6.07) is 5.64. The predicted molar refractivity (Wildman–Crippen MR) is 66.2 cm³/mol. The van der Waals surface area contributed by atoms with E-state index < -0.39 is 6.61 Å². The molecular weight excluding hydrogens is 254 g/mol. The van der Waals surface area contributed by atoms with Gasteiger partial charge in [-0.2, -0.15) is 8.78 Å². The molecule has 1 aromatic rings. The molecule has 1 aliphatic rings. The zero-order valence-electron chi connectivity index (χ0n) is 10.3. The number of rotatable bonds is 4. The molecule has 1 aromatic carbocycles. The molecule has 3 N–H and O–H groups in total. The van der Waals surface area contributed by atoms with Crippen molar-refractivity contribution >= 4 is 5.91 Å². The lowest BCUT2D eigenvalue weighted by Crippen LogP contribution is -2.43. The third-order valence-electron chi connectivity index (χ3n) is 3.21. The van der Waals surface area contributed by atoms with Gasteiger partial charge in [0.2, 0.25) is 0 Å². The molecular formula is C13H16F2N2O2. The fourth-order valence-electron chi connectivity index (χ4n) is 2.23. The number of nitrogens with two attached hydrogens (primary N) is 1. The molecule has 1 amide bonds. The SMILES string of the molecule is NC1CCCC1NC(=O)c1cccc(OC(F)F)c1. The van der Waals surface area contributed by atoms with Crippen LogP contribution in [0.25, 0.3) is 0 Å². The lowest BCUT2D eigenvalue weighted by atomic mass is 10.1. The van der Waals surface area contributed by atoms with Crippen LogP contribution in [0.2, 0.25) is 0 Å². The fraction of sp³-hybridized carbons (Fsp3) is 0.462. The Morgan fingerprint density at radius 1 is 1.42 bits per heavy atom. The van der Waals surface area contributed by atoms with Crippen LogP contribution in [0.3, 0.4) is 0 Å². The van der Waals surface area contributed by atoms with Crippen molar-refractivity contribution in [1.29, 1.82) is 0 Å². The molecule has 0 radical (unpaired) electrons. The van der Waals surface area contributed by atoms with Crippen molar-refractivity contribution in [2.75, 3.05) is 0 Å². The van der Waals surface area contributed by atoms with E-state index in [1.807, 2.05) is 0 Å². The lowest BCUT2D eigenvalue weighted by Gasteiger charge is -2.17. The van der Waals surface area contributed by atoms with Crippen molar-refractivity contribution < 1.29 is 18.3 Å². The maximum absolute atomic E-state index is 12.1. The number of hydrogen-bond donors (Lipinski definition) is 2. The van der Waals surface area contributed by atoms with E-state index in [0.717, 1.165) is 19.3 Å². The molecule has 2 rings (SSSR count). The third-order valence-corrected chi connectivity index (χ3v) is 3.21. The van der Waals surface area contributed by atoms with Gasteiger partial charge in [-0.1, -0.05) is 6.07 Å². The Morgan fingerprint density at radius 3 is 2.84 bits per heavy atom. The van der Waals surface area contributed by atoms with Crippen LogP contribution >= 0.6 is 0 Å². The molecule has 1 saturated carbocycles. The van der Waals surface area contributed by atoms with E-state index in [9.17, 15) is 13.6 Å². The Morgan fingerprint density at radius 2 is 2.21 bits per heavy atom. The zero-order valence-corrected chi connectivity index (χ0v) is 10.3. The molecule has 0 aromatic heterocycles. The van der Waals surface area contributed by atoms with Crippen molar-refractivity contribution in [2.24, 2.45) is 5.73 Å². The highest BCUT2D eigenvalue weighted by molar-refractivity contribution is 5.94. The van der Waals surface area contributed by atoms with Gasteiger partial charge in [0.25, 0.3) is 5.91 Å². The highest BCUT2D eigenvalue weighted by atomic mass is 19.3. The Labute approximate surface area is 109 Å². The van der Waals surface area contributed by atoms with Gasteiger partial charge in [-0.25, -0.2) is 0 Å². The molecule has 1 fully saturated rings. The smallest absolute Gasteiger partial charge is 0.387 e. The number of benzene rings is 1. The quantitative estimate of drug-likeness (QED) is 0.878. The maximum Gasteiger partial charge on any atom is 0.387 e. The first kappa shape index (κ1) is 13.7. The zero-order chi connectivity index (χ0) is 13.8. The molecule has 4 nitrogen and oxygen atoms in total. The Bertz CT molecular complexity index is 454.